The van der Waals surface area contributed by atoms with E-state index in [9.17, 15) is 9.59 Å². The van der Waals surface area contributed by atoms with Gasteiger partial charge in [-0.15, -0.1) is 0 Å². The van der Waals surface area contributed by atoms with E-state index in [1.165, 1.54) is 0 Å². The number of hydrogen-bond acceptors (Lipinski definition) is 4. The Morgan fingerprint density at radius 2 is 2.00 bits per heavy atom. The van der Waals surface area contributed by atoms with Crippen LogP contribution in [0, 0.1) is 0 Å². The summed E-state index contributed by atoms with van der Waals surface area (Å²) >= 11 is 0. The van der Waals surface area contributed by atoms with E-state index in [1.807, 2.05) is 31.2 Å². The van der Waals surface area contributed by atoms with Crippen LogP contribution in [-0.4, -0.2) is 25.2 Å². The summed E-state index contributed by atoms with van der Waals surface area (Å²) in [5, 5.41) is 2.90. The maximum atomic E-state index is 12.4. The van der Waals surface area contributed by atoms with Crippen molar-refractivity contribution in [3.8, 4) is 11.5 Å². The van der Waals surface area contributed by atoms with Crippen molar-refractivity contribution in [2.24, 2.45) is 0 Å². The van der Waals surface area contributed by atoms with Gasteiger partial charge >= 0.3 is 0 Å². The van der Waals surface area contributed by atoms with Crippen molar-refractivity contribution in [3.05, 3.63) is 53.1 Å². The van der Waals surface area contributed by atoms with E-state index < -0.39 is 0 Å². The summed E-state index contributed by atoms with van der Waals surface area (Å²) in [4.78, 5) is 26.1. The van der Waals surface area contributed by atoms with Gasteiger partial charge in [0.2, 0.25) is 12.7 Å². The molecule has 128 valence electrons. The average Bonchev–Trinajstić information content (AvgIpc) is 3.21. The van der Waals surface area contributed by atoms with E-state index in [1.54, 1.807) is 17.0 Å². The number of carbonyl (C=O) groups is 2. The largest absolute Gasteiger partial charge is 0.454 e. The number of likely N-dealkylation sites (N-methyl/N-ethyl adjacent to an activating group) is 1. The third-order valence-corrected chi connectivity index (χ3v) is 4.48. The van der Waals surface area contributed by atoms with Gasteiger partial charge in [-0.05, 0) is 48.4 Å². The minimum atomic E-state index is -0.164. The highest BCUT2D eigenvalue weighted by molar-refractivity contribution is 6.03. The summed E-state index contributed by atoms with van der Waals surface area (Å²) in [5.41, 5.74) is 3.30. The number of amides is 2. The number of benzene rings is 2. The molecule has 0 fully saturated rings. The topological polar surface area (TPSA) is 67.9 Å². The van der Waals surface area contributed by atoms with Gasteiger partial charge in [-0.1, -0.05) is 6.07 Å². The Morgan fingerprint density at radius 1 is 1.16 bits per heavy atom. The predicted molar refractivity (Wildman–Crippen MR) is 91.9 cm³/mol. The second-order valence-electron chi connectivity index (χ2n) is 6.03. The lowest BCUT2D eigenvalue weighted by atomic mass is 10.1. The molecule has 4 rings (SSSR count). The first-order valence-corrected chi connectivity index (χ1v) is 8.25. The van der Waals surface area contributed by atoms with Crippen molar-refractivity contribution in [1.29, 1.82) is 0 Å². The molecule has 0 atom stereocenters. The van der Waals surface area contributed by atoms with Crippen LogP contribution in [0.2, 0.25) is 0 Å². The average molecular weight is 338 g/mol. The lowest BCUT2D eigenvalue weighted by molar-refractivity contribution is -0.117. The molecule has 0 saturated heterocycles. The van der Waals surface area contributed by atoms with E-state index >= 15 is 0 Å². The fourth-order valence-corrected chi connectivity index (χ4v) is 3.21. The molecule has 2 aliphatic heterocycles. The zero-order valence-electron chi connectivity index (χ0n) is 13.9. The zero-order chi connectivity index (χ0) is 17.4. The fraction of sp³-hybridized carbons (Fsp3) is 0.263. The number of ether oxygens (including phenoxy) is 2. The summed E-state index contributed by atoms with van der Waals surface area (Å²) in [6, 6.07) is 11.0. The standard InChI is InChI=1S/C19H18N2O4/c1-2-21-15-5-4-13(8-14(15)9-18(21)22)19(23)20-10-12-3-6-16-17(7-12)25-11-24-16/h3-8H,2,9-11H2,1H3,(H,20,23). The molecule has 0 aliphatic carbocycles. The SMILES string of the molecule is CCN1C(=O)Cc2cc(C(=O)NCc3ccc4c(c3)OCO4)ccc21. The molecular weight excluding hydrogens is 320 g/mol. The van der Waals surface area contributed by atoms with Crippen LogP contribution in [-0.2, 0) is 17.8 Å². The highest BCUT2D eigenvalue weighted by Gasteiger charge is 2.26. The molecule has 0 spiro atoms. The van der Waals surface area contributed by atoms with E-state index in [0.717, 1.165) is 22.6 Å². The first-order chi connectivity index (χ1) is 12.2. The van der Waals surface area contributed by atoms with Gasteiger partial charge in [-0.25, -0.2) is 0 Å². The molecule has 2 heterocycles. The number of nitrogens with zero attached hydrogens (tertiary/aromatic N) is 1. The molecule has 6 nitrogen and oxygen atoms in total. The third-order valence-electron chi connectivity index (χ3n) is 4.48. The first-order valence-electron chi connectivity index (χ1n) is 8.25. The van der Waals surface area contributed by atoms with Gasteiger partial charge in [-0.2, -0.15) is 0 Å². The first kappa shape index (κ1) is 15.5. The second-order valence-corrected chi connectivity index (χ2v) is 6.03. The van der Waals surface area contributed by atoms with E-state index in [4.69, 9.17) is 9.47 Å². The molecule has 6 heteroatoms. The third kappa shape index (κ3) is 2.80. The van der Waals surface area contributed by atoms with Gasteiger partial charge in [-0.3, -0.25) is 9.59 Å². The Kier molecular flexibility index (Phi) is 3.80. The number of anilines is 1. The summed E-state index contributed by atoms with van der Waals surface area (Å²) in [6.45, 7) is 3.21. The molecule has 2 aromatic rings. The molecule has 0 radical (unpaired) electrons. The summed E-state index contributed by atoms with van der Waals surface area (Å²) in [5.74, 6) is 1.33. The maximum Gasteiger partial charge on any atom is 0.251 e. The molecule has 2 aliphatic rings. The second kappa shape index (κ2) is 6.12. The summed E-state index contributed by atoms with van der Waals surface area (Å²) in [6.07, 6.45) is 0.354. The minimum absolute atomic E-state index is 0.0791. The van der Waals surface area contributed by atoms with Crippen LogP contribution in [0.25, 0.3) is 0 Å². The van der Waals surface area contributed by atoms with Gasteiger partial charge in [0, 0.05) is 24.3 Å². The predicted octanol–water partition coefficient (Wildman–Crippen LogP) is 2.25. The normalized spacial score (nSPS) is 14.6. The van der Waals surface area contributed by atoms with Crippen LogP contribution in [0.3, 0.4) is 0 Å². The maximum absolute atomic E-state index is 12.4. The van der Waals surface area contributed by atoms with Gasteiger partial charge in [0.1, 0.15) is 0 Å². The molecule has 0 saturated carbocycles. The number of hydrogen-bond donors (Lipinski definition) is 1. The molecule has 0 aromatic heterocycles. The lowest BCUT2D eigenvalue weighted by Gasteiger charge is -2.14. The molecule has 2 aromatic carbocycles. The van der Waals surface area contributed by atoms with Crippen molar-refractivity contribution in [2.75, 3.05) is 18.2 Å². The van der Waals surface area contributed by atoms with Crippen LogP contribution < -0.4 is 19.7 Å². The van der Waals surface area contributed by atoms with E-state index in [2.05, 4.69) is 5.32 Å². The summed E-state index contributed by atoms with van der Waals surface area (Å²) in [7, 11) is 0. The van der Waals surface area contributed by atoms with Gasteiger partial charge in [0.25, 0.3) is 5.91 Å². The smallest absolute Gasteiger partial charge is 0.251 e. The fourth-order valence-electron chi connectivity index (χ4n) is 3.21. The minimum Gasteiger partial charge on any atom is -0.454 e. The number of nitrogens with one attached hydrogen (secondary N) is 1. The number of fused-ring (bicyclic) bond motifs is 2. The quantitative estimate of drug-likeness (QED) is 0.928. The molecule has 25 heavy (non-hydrogen) atoms. The lowest BCUT2D eigenvalue weighted by Crippen LogP contribution is -2.25. The van der Waals surface area contributed by atoms with Crippen molar-refractivity contribution in [3.63, 3.8) is 0 Å². The van der Waals surface area contributed by atoms with Crippen LogP contribution in [0.4, 0.5) is 5.69 Å². The molecule has 0 bridgehead atoms. The Morgan fingerprint density at radius 3 is 2.84 bits per heavy atom. The van der Waals surface area contributed by atoms with Gasteiger partial charge in [0.15, 0.2) is 11.5 Å². The van der Waals surface area contributed by atoms with Crippen molar-refractivity contribution in [1.82, 2.24) is 5.32 Å². The van der Waals surface area contributed by atoms with E-state index in [-0.39, 0.29) is 18.6 Å². The monoisotopic (exact) mass is 338 g/mol. The molecule has 1 N–H and O–H groups in total. The van der Waals surface area contributed by atoms with Crippen molar-refractivity contribution in [2.45, 2.75) is 19.9 Å². The number of carbonyl (C=O) groups excluding carboxylic acids is 2. The Balaban J connectivity index is 1.45. The molecule has 2 amide bonds. The zero-order valence-corrected chi connectivity index (χ0v) is 13.9. The van der Waals surface area contributed by atoms with Crippen LogP contribution in [0.1, 0.15) is 28.4 Å². The van der Waals surface area contributed by atoms with Gasteiger partial charge in [0.05, 0.1) is 6.42 Å². The van der Waals surface area contributed by atoms with Crippen molar-refractivity contribution >= 4 is 17.5 Å². The van der Waals surface area contributed by atoms with Crippen LogP contribution >= 0.6 is 0 Å². The highest BCUT2D eigenvalue weighted by atomic mass is 16.7. The van der Waals surface area contributed by atoms with Crippen LogP contribution in [0.15, 0.2) is 36.4 Å². The Labute approximate surface area is 145 Å². The van der Waals surface area contributed by atoms with E-state index in [0.29, 0.717) is 30.8 Å². The van der Waals surface area contributed by atoms with Crippen molar-refractivity contribution < 1.29 is 19.1 Å². The highest BCUT2D eigenvalue weighted by Crippen LogP contribution is 2.32. The molecular formula is C19H18N2O4. The Bertz CT molecular complexity index is 862. The van der Waals surface area contributed by atoms with Gasteiger partial charge < -0.3 is 19.7 Å². The molecule has 0 unspecified atom stereocenters. The summed E-state index contributed by atoms with van der Waals surface area (Å²) < 4.78 is 10.6. The number of rotatable bonds is 4. The Hall–Kier alpha value is -3.02. The van der Waals surface area contributed by atoms with Crippen LogP contribution in [0.5, 0.6) is 11.5 Å².